The van der Waals surface area contributed by atoms with Gasteiger partial charge in [-0.2, -0.15) is 0 Å². The molecule has 6 N–H and O–H groups in total. The summed E-state index contributed by atoms with van der Waals surface area (Å²) in [6, 6.07) is 16.9. The molecule has 0 aromatic heterocycles. The van der Waals surface area contributed by atoms with Crippen LogP contribution in [0.2, 0.25) is 0 Å². The van der Waals surface area contributed by atoms with Crippen LogP contribution in [0.1, 0.15) is 68.9 Å². The summed E-state index contributed by atoms with van der Waals surface area (Å²) >= 11 is 0. The van der Waals surface area contributed by atoms with Crippen molar-refractivity contribution in [3.05, 3.63) is 71.8 Å². The molecule has 2 aromatic rings. The molecule has 0 aliphatic carbocycles. The normalized spacial score (nSPS) is 11.9. The third-order valence-electron chi connectivity index (χ3n) is 6.95. The Balaban J connectivity index is 1.70. The standard InChI is InChI=1S/C33H44N4O8/c38-28(16-18-30(40)41)36-26(22-24-12-6-4-7-13-24)32(44)34-20-10-2-1-3-11-21-35-33(45)27(23-25-14-8-5-9-15-25)37-29(39)17-19-31(42)43/h4-9,12-15,26-27H,1-3,10-11,16-23H2,(H,34,44)(H,35,45)(H,36,38)(H,37,39)(H,40,41)(H,42,43)/t26-,27-/m0/s1. The van der Waals surface area contributed by atoms with Crippen LogP contribution in [0.4, 0.5) is 0 Å². The molecule has 2 atom stereocenters. The Labute approximate surface area is 263 Å². The molecular formula is C33H44N4O8. The molecule has 0 heterocycles. The van der Waals surface area contributed by atoms with Crippen LogP contribution < -0.4 is 21.3 Å². The Morgan fingerprint density at radius 3 is 1.22 bits per heavy atom. The van der Waals surface area contributed by atoms with E-state index in [0.717, 1.165) is 43.2 Å². The smallest absolute Gasteiger partial charge is 0.303 e. The summed E-state index contributed by atoms with van der Waals surface area (Å²) < 4.78 is 0. The van der Waals surface area contributed by atoms with Gasteiger partial charge >= 0.3 is 11.9 Å². The number of aliphatic carboxylic acids is 2. The van der Waals surface area contributed by atoms with Crippen LogP contribution in [-0.2, 0) is 41.6 Å². The maximum Gasteiger partial charge on any atom is 0.303 e. The minimum Gasteiger partial charge on any atom is -0.481 e. The monoisotopic (exact) mass is 624 g/mol. The van der Waals surface area contributed by atoms with Crippen molar-refractivity contribution in [3.8, 4) is 0 Å². The molecule has 4 amide bonds. The molecule has 45 heavy (non-hydrogen) atoms. The van der Waals surface area contributed by atoms with E-state index in [-0.39, 0.29) is 50.3 Å². The Morgan fingerprint density at radius 2 is 0.867 bits per heavy atom. The van der Waals surface area contributed by atoms with Gasteiger partial charge in [0.1, 0.15) is 12.1 Å². The van der Waals surface area contributed by atoms with Crippen molar-refractivity contribution in [2.45, 2.75) is 82.7 Å². The number of nitrogens with one attached hydrogen (secondary N) is 4. The molecular weight excluding hydrogens is 580 g/mol. The molecule has 0 aliphatic heterocycles. The second kappa shape index (κ2) is 21.0. The van der Waals surface area contributed by atoms with Gasteiger partial charge in [0.2, 0.25) is 23.6 Å². The van der Waals surface area contributed by atoms with Gasteiger partial charge in [0.25, 0.3) is 0 Å². The molecule has 0 unspecified atom stereocenters. The number of rotatable bonds is 22. The highest BCUT2D eigenvalue weighted by Crippen LogP contribution is 2.07. The number of carbonyl (C=O) groups excluding carboxylic acids is 4. The molecule has 12 nitrogen and oxygen atoms in total. The summed E-state index contributed by atoms with van der Waals surface area (Å²) in [6.07, 6.45) is 3.57. The zero-order valence-corrected chi connectivity index (χ0v) is 25.5. The molecule has 0 bridgehead atoms. The molecule has 2 aromatic carbocycles. The fourth-order valence-electron chi connectivity index (χ4n) is 4.54. The predicted octanol–water partition coefficient (Wildman–Crippen LogP) is 2.35. The lowest BCUT2D eigenvalue weighted by molar-refractivity contribution is -0.139. The lowest BCUT2D eigenvalue weighted by Gasteiger charge is -2.19. The van der Waals surface area contributed by atoms with E-state index < -0.39 is 35.8 Å². The van der Waals surface area contributed by atoms with Gasteiger partial charge in [-0.25, -0.2) is 0 Å². The Morgan fingerprint density at radius 1 is 0.511 bits per heavy atom. The van der Waals surface area contributed by atoms with Crippen LogP contribution in [0.3, 0.4) is 0 Å². The lowest BCUT2D eigenvalue weighted by atomic mass is 10.0. The van der Waals surface area contributed by atoms with Crippen molar-refractivity contribution >= 4 is 35.6 Å². The van der Waals surface area contributed by atoms with E-state index in [1.807, 2.05) is 60.7 Å². The van der Waals surface area contributed by atoms with Gasteiger partial charge in [-0.15, -0.1) is 0 Å². The number of benzene rings is 2. The highest BCUT2D eigenvalue weighted by Gasteiger charge is 2.22. The van der Waals surface area contributed by atoms with Gasteiger partial charge in [0.05, 0.1) is 12.8 Å². The first-order chi connectivity index (χ1) is 21.6. The number of carboxylic acids is 2. The molecule has 244 valence electrons. The Kier molecular flexibility index (Phi) is 17.0. The van der Waals surface area contributed by atoms with E-state index in [2.05, 4.69) is 21.3 Å². The first-order valence-electron chi connectivity index (χ1n) is 15.3. The number of carboxylic acid groups (broad SMARTS) is 2. The van der Waals surface area contributed by atoms with Crippen molar-refractivity contribution in [2.75, 3.05) is 13.1 Å². The maximum atomic E-state index is 12.8. The molecule has 0 spiro atoms. The van der Waals surface area contributed by atoms with Crippen molar-refractivity contribution in [3.63, 3.8) is 0 Å². The van der Waals surface area contributed by atoms with Crippen LogP contribution in [0.15, 0.2) is 60.7 Å². The summed E-state index contributed by atoms with van der Waals surface area (Å²) in [5, 5.41) is 28.7. The maximum absolute atomic E-state index is 12.8. The average Bonchev–Trinajstić information content (AvgIpc) is 3.02. The van der Waals surface area contributed by atoms with E-state index in [1.165, 1.54) is 0 Å². The second-order valence-corrected chi connectivity index (χ2v) is 10.8. The summed E-state index contributed by atoms with van der Waals surface area (Å²) in [6.45, 7) is 0.850. The van der Waals surface area contributed by atoms with Crippen LogP contribution in [0.5, 0.6) is 0 Å². The fraction of sp³-hybridized carbons (Fsp3) is 0.455. The van der Waals surface area contributed by atoms with E-state index in [1.54, 1.807) is 0 Å². The largest absolute Gasteiger partial charge is 0.481 e. The minimum atomic E-state index is -1.08. The molecule has 0 fully saturated rings. The van der Waals surface area contributed by atoms with E-state index in [0.29, 0.717) is 13.1 Å². The van der Waals surface area contributed by atoms with E-state index in [9.17, 15) is 28.8 Å². The molecule has 2 rings (SSSR count). The van der Waals surface area contributed by atoms with Gasteiger partial charge in [-0.05, 0) is 24.0 Å². The average molecular weight is 625 g/mol. The third kappa shape index (κ3) is 16.6. The van der Waals surface area contributed by atoms with Gasteiger partial charge in [-0.1, -0.05) is 79.9 Å². The summed E-state index contributed by atoms with van der Waals surface area (Å²) in [4.78, 5) is 71.6. The number of hydrogen-bond acceptors (Lipinski definition) is 6. The first kappa shape index (κ1) is 36.5. The van der Waals surface area contributed by atoms with Crippen molar-refractivity contribution in [1.82, 2.24) is 21.3 Å². The summed E-state index contributed by atoms with van der Waals surface area (Å²) in [5.74, 6) is -3.81. The van der Waals surface area contributed by atoms with Crippen LogP contribution in [0, 0.1) is 0 Å². The third-order valence-corrected chi connectivity index (χ3v) is 6.95. The number of hydrogen-bond donors (Lipinski definition) is 6. The van der Waals surface area contributed by atoms with Gasteiger partial charge in [0.15, 0.2) is 0 Å². The SMILES string of the molecule is O=C(O)CCC(=O)N[C@@H](Cc1ccccc1)C(=O)NCCCCCCCNC(=O)[C@H](Cc1ccccc1)NC(=O)CCC(=O)O. The van der Waals surface area contributed by atoms with Crippen molar-refractivity contribution < 1.29 is 39.0 Å². The second-order valence-electron chi connectivity index (χ2n) is 10.8. The van der Waals surface area contributed by atoms with Crippen LogP contribution >= 0.6 is 0 Å². The number of carbonyl (C=O) groups is 6. The molecule has 0 aliphatic rings. The Bertz CT molecular complexity index is 1140. The fourth-order valence-corrected chi connectivity index (χ4v) is 4.54. The van der Waals surface area contributed by atoms with Gasteiger partial charge in [0, 0.05) is 38.8 Å². The zero-order valence-electron chi connectivity index (χ0n) is 25.5. The number of amides is 4. The minimum absolute atomic E-state index is 0.205. The van der Waals surface area contributed by atoms with Gasteiger partial charge < -0.3 is 31.5 Å². The highest BCUT2D eigenvalue weighted by atomic mass is 16.4. The topological polar surface area (TPSA) is 191 Å². The zero-order chi connectivity index (χ0) is 32.9. The Hall–Kier alpha value is -4.74. The first-order valence-corrected chi connectivity index (χ1v) is 15.3. The predicted molar refractivity (Wildman–Crippen MR) is 167 cm³/mol. The van der Waals surface area contributed by atoms with E-state index in [4.69, 9.17) is 10.2 Å². The van der Waals surface area contributed by atoms with Crippen molar-refractivity contribution in [2.24, 2.45) is 0 Å². The molecule has 0 radical (unpaired) electrons. The van der Waals surface area contributed by atoms with Crippen LogP contribution in [0.25, 0.3) is 0 Å². The van der Waals surface area contributed by atoms with Gasteiger partial charge in [-0.3, -0.25) is 28.8 Å². The number of unbranched alkanes of at least 4 members (excludes halogenated alkanes) is 4. The summed E-state index contributed by atoms with van der Waals surface area (Å²) in [7, 11) is 0. The summed E-state index contributed by atoms with van der Waals surface area (Å²) in [5.41, 5.74) is 1.74. The van der Waals surface area contributed by atoms with Crippen molar-refractivity contribution in [1.29, 1.82) is 0 Å². The molecule has 0 saturated carbocycles. The quantitative estimate of drug-likeness (QED) is 0.108. The lowest BCUT2D eigenvalue weighted by Crippen LogP contribution is -2.48. The molecule has 0 saturated heterocycles. The van der Waals surface area contributed by atoms with E-state index >= 15 is 0 Å². The van der Waals surface area contributed by atoms with Crippen LogP contribution in [-0.4, -0.2) is 71.0 Å². The highest BCUT2D eigenvalue weighted by molar-refractivity contribution is 5.89. The molecule has 12 heteroatoms.